The predicted octanol–water partition coefficient (Wildman–Crippen LogP) is 2.48. The van der Waals surface area contributed by atoms with Crippen LogP contribution in [0, 0.1) is 18.3 Å². The van der Waals surface area contributed by atoms with Gasteiger partial charge in [0, 0.05) is 29.8 Å². The lowest BCUT2D eigenvalue weighted by Gasteiger charge is -2.25. The molecule has 1 aromatic carbocycles. The second kappa shape index (κ2) is 5.17. The highest BCUT2D eigenvalue weighted by atomic mass is 16.5. The highest BCUT2D eigenvalue weighted by Crippen LogP contribution is 2.42. The normalized spacial score (nSPS) is 28.6. The van der Waals surface area contributed by atoms with Gasteiger partial charge in [0.2, 0.25) is 0 Å². The minimum atomic E-state index is -0.0948. The smallest absolute Gasteiger partial charge is 0.129 e. The molecule has 2 saturated heterocycles. The maximum Gasteiger partial charge on any atom is 0.129 e. The molecule has 5 rings (SSSR count). The first-order valence-electron chi connectivity index (χ1n) is 9.05. The summed E-state index contributed by atoms with van der Waals surface area (Å²) in [6.45, 7) is 5.60. The van der Waals surface area contributed by atoms with Crippen LogP contribution in [0.4, 0.5) is 5.82 Å². The Morgan fingerprint density at radius 3 is 2.92 bits per heavy atom. The molecule has 0 saturated carbocycles. The summed E-state index contributed by atoms with van der Waals surface area (Å²) in [5, 5.41) is 11.2. The van der Waals surface area contributed by atoms with Crippen molar-refractivity contribution in [3.8, 4) is 0 Å². The number of aromatic nitrogens is 1. The molecule has 1 aliphatic carbocycles. The summed E-state index contributed by atoms with van der Waals surface area (Å²) >= 11 is 0. The Hall–Kier alpha value is -1.65. The van der Waals surface area contributed by atoms with E-state index >= 15 is 0 Å². The van der Waals surface area contributed by atoms with Gasteiger partial charge in [0.15, 0.2) is 0 Å². The van der Waals surface area contributed by atoms with Crippen LogP contribution < -0.4 is 4.90 Å². The molecule has 0 radical (unpaired) electrons. The highest BCUT2D eigenvalue weighted by Gasteiger charge is 2.50. The summed E-state index contributed by atoms with van der Waals surface area (Å²) in [5.41, 5.74) is 5.31. The fourth-order valence-electron chi connectivity index (χ4n) is 4.84. The molecule has 4 heteroatoms. The lowest BCUT2D eigenvalue weighted by molar-refractivity contribution is 0.0989. The molecular weight excluding hydrogens is 300 g/mol. The standard InChI is InChI=1S/C20H24N2O2/c1-13-5-19(22-8-16-9-24-12-20(16,10-22)11-23)21-18-7-15-4-2-3-14(15)6-17(13)18/h5-7,16,23H,2-4,8-12H2,1H3/t16-,20-/m0/s1. The molecule has 2 aliphatic heterocycles. The minimum Gasteiger partial charge on any atom is -0.396 e. The summed E-state index contributed by atoms with van der Waals surface area (Å²) in [6, 6.07) is 6.87. The molecule has 0 unspecified atom stereocenters. The van der Waals surface area contributed by atoms with Gasteiger partial charge in [0.1, 0.15) is 5.82 Å². The minimum absolute atomic E-state index is 0.0948. The quantitative estimate of drug-likeness (QED) is 0.922. The van der Waals surface area contributed by atoms with Crippen LogP contribution in [0.15, 0.2) is 18.2 Å². The number of pyridine rings is 1. The van der Waals surface area contributed by atoms with Crippen molar-refractivity contribution in [2.45, 2.75) is 26.2 Å². The van der Waals surface area contributed by atoms with Crippen LogP contribution >= 0.6 is 0 Å². The average Bonchev–Trinajstić information content (AvgIpc) is 3.26. The van der Waals surface area contributed by atoms with Crippen molar-refractivity contribution in [2.75, 3.05) is 37.8 Å². The number of aryl methyl sites for hydroxylation is 3. The Bertz CT molecular complexity index is 819. The predicted molar refractivity (Wildman–Crippen MR) is 94.5 cm³/mol. The van der Waals surface area contributed by atoms with Gasteiger partial charge in [0.05, 0.1) is 25.3 Å². The van der Waals surface area contributed by atoms with Crippen molar-refractivity contribution in [1.82, 2.24) is 4.98 Å². The van der Waals surface area contributed by atoms with Crippen molar-refractivity contribution >= 4 is 16.7 Å². The van der Waals surface area contributed by atoms with Gasteiger partial charge < -0.3 is 14.7 Å². The summed E-state index contributed by atoms with van der Waals surface area (Å²) in [7, 11) is 0. The summed E-state index contributed by atoms with van der Waals surface area (Å²) in [6.07, 6.45) is 3.66. The monoisotopic (exact) mass is 324 g/mol. The molecule has 4 nitrogen and oxygen atoms in total. The van der Waals surface area contributed by atoms with Gasteiger partial charge in [-0.05, 0) is 61.1 Å². The third kappa shape index (κ3) is 2.02. The molecule has 2 aromatic rings. The number of ether oxygens (including phenoxy) is 1. The van der Waals surface area contributed by atoms with Crippen LogP contribution in [-0.2, 0) is 17.6 Å². The number of aliphatic hydroxyl groups excluding tert-OH is 1. The summed E-state index contributed by atoms with van der Waals surface area (Å²) in [4.78, 5) is 7.34. The van der Waals surface area contributed by atoms with Crippen molar-refractivity contribution < 1.29 is 9.84 Å². The molecule has 0 bridgehead atoms. The Morgan fingerprint density at radius 2 is 2.12 bits per heavy atom. The van der Waals surface area contributed by atoms with E-state index in [1.807, 2.05) is 0 Å². The molecule has 0 amide bonds. The van der Waals surface area contributed by atoms with Crippen LogP contribution in [0.1, 0.15) is 23.1 Å². The second-order valence-corrected chi connectivity index (χ2v) is 7.90. The van der Waals surface area contributed by atoms with Crippen LogP contribution in [0.5, 0.6) is 0 Å². The summed E-state index contributed by atoms with van der Waals surface area (Å²) < 4.78 is 5.63. The van der Waals surface area contributed by atoms with Gasteiger partial charge in [0.25, 0.3) is 0 Å². The zero-order valence-electron chi connectivity index (χ0n) is 14.2. The maximum atomic E-state index is 9.90. The van der Waals surface area contributed by atoms with Crippen LogP contribution in [-0.4, -0.2) is 43.0 Å². The van der Waals surface area contributed by atoms with E-state index in [9.17, 15) is 5.11 Å². The maximum absolute atomic E-state index is 9.90. The Balaban J connectivity index is 1.55. The zero-order chi connectivity index (χ0) is 16.3. The van der Waals surface area contributed by atoms with Gasteiger partial charge in [-0.3, -0.25) is 0 Å². The van der Waals surface area contributed by atoms with Crippen LogP contribution in [0.3, 0.4) is 0 Å². The Kier molecular flexibility index (Phi) is 3.16. The Labute approximate surface area is 142 Å². The van der Waals surface area contributed by atoms with E-state index in [1.54, 1.807) is 0 Å². The van der Waals surface area contributed by atoms with E-state index in [2.05, 4.69) is 30.0 Å². The van der Waals surface area contributed by atoms with Crippen LogP contribution in [0.2, 0.25) is 0 Å². The van der Waals surface area contributed by atoms with E-state index < -0.39 is 0 Å². The average molecular weight is 324 g/mol. The first-order valence-corrected chi connectivity index (χ1v) is 9.05. The molecule has 2 atom stereocenters. The molecule has 1 aromatic heterocycles. The number of aliphatic hydroxyl groups is 1. The van der Waals surface area contributed by atoms with Gasteiger partial charge >= 0.3 is 0 Å². The van der Waals surface area contributed by atoms with Gasteiger partial charge in [-0.25, -0.2) is 4.98 Å². The highest BCUT2D eigenvalue weighted by molar-refractivity contribution is 5.85. The largest absolute Gasteiger partial charge is 0.396 e. The van der Waals surface area contributed by atoms with Gasteiger partial charge in [-0.1, -0.05) is 0 Å². The van der Waals surface area contributed by atoms with E-state index in [-0.39, 0.29) is 12.0 Å². The molecule has 2 fully saturated rings. The van der Waals surface area contributed by atoms with Gasteiger partial charge in [-0.2, -0.15) is 0 Å². The first kappa shape index (κ1) is 14.7. The van der Waals surface area contributed by atoms with E-state index in [4.69, 9.17) is 9.72 Å². The molecule has 24 heavy (non-hydrogen) atoms. The third-order valence-corrected chi connectivity index (χ3v) is 6.38. The van der Waals surface area contributed by atoms with E-state index in [1.165, 1.54) is 41.3 Å². The first-order chi connectivity index (χ1) is 11.7. The molecule has 3 heterocycles. The molecule has 3 aliphatic rings. The number of benzene rings is 1. The number of fused-ring (bicyclic) bond motifs is 3. The number of hydrogen-bond donors (Lipinski definition) is 1. The topological polar surface area (TPSA) is 45.6 Å². The van der Waals surface area contributed by atoms with Crippen molar-refractivity contribution in [3.05, 3.63) is 34.9 Å². The molecular formula is C20H24N2O2. The van der Waals surface area contributed by atoms with E-state index in [0.717, 1.165) is 31.0 Å². The fraction of sp³-hybridized carbons (Fsp3) is 0.550. The SMILES string of the molecule is Cc1cc(N2C[C@H]3COC[C@@]3(CO)C2)nc2cc3c(cc12)CCC3. The molecule has 126 valence electrons. The van der Waals surface area contributed by atoms with Crippen molar-refractivity contribution in [3.63, 3.8) is 0 Å². The summed E-state index contributed by atoms with van der Waals surface area (Å²) in [5.74, 6) is 1.47. The molecule has 1 N–H and O–H groups in total. The second-order valence-electron chi connectivity index (χ2n) is 7.90. The number of nitrogens with zero attached hydrogens (tertiary/aromatic N) is 2. The third-order valence-electron chi connectivity index (χ3n) is 6.38. The zero-order valence-corrected chi connectivity index (χ0v) is 14.2. The lowest BCUT2D eigenvalue weighted by atomic mass is 9.82. The number of rotatable bonds is 2. The van der Waals surface area contributed by atoms with Crippen LogP contribution in [0.25, 0.3) is 10.9 Å². The van der Waals surface area contributed by atoms with Gasteiger partial charge in [-0.15, -0.1) is 0 Å². The van der Waals surface area contributed by atoms with E-state index in [0.29, 0.717) is 12.5 Å². The Morgan fingerprint density at radius 1 is 1.29 bits per heavy atom. The fourth-order valence-corrected chi connectivity index (χ4v) is 4.84. The van der Waals surface area contributed by atoms with Crippen molar-refractivity contribution in [2.24, 2.45) is 11.3 Å². The number of anilines is 1. The number of hydrogen-bond acceptors (Lipinski definition) is 4. The van der Waals surface area contributed by atoms with Crippen molar-refractivity contribution in [1.29, 1.82) is 0 Å². The lowest BCUT2D eigenvalue weighted by Crippen LogP contribution is -2.34. The molecule has 0 spiro atoms.